The Labute approximate surface area is 143 Å². The maximum absolute atomic E-state index is 5.96. The number of aromatic nitrogens is 2. The van der Waals surface area contributed by atoms with Crippen molar-refractivity contribution >= 4 is 11.6 Å². The molecule has 2 rings (SSSR count). The Morgan fingerprint density at radius 1 is 1.25 bits per heavy atom. The Balaban J connectivity index is 1.93. The number of ether oxygens (including phenoxy) is 1. The highest BCUT2D eigenvalue weighted by molar-refractivity contribution is 5.92. The number of benzene rings is 1. The molecule has 6 heteroatoms. The number of guanidine groups is 1. The monoisotopic (exact) mass is 329 g/mol. The Hall–Kier alpha value is -2.50. The molecule has 0 aliphatic heterocycles. The standard InChI is InChI=1S/C18H27N5O/c1-13(2)12-23-10-9-20-17(23)11-21-18(19)22-15-5-7-16(8-6-15)24-14(3)4/h5-10,13-14H,11-12H2,1-4H3,(H3,19,21,22). The molecule has 3 N–H and O–H groups in total. The molecule has 0 bridgehead atoms. The summed E-state index contributed by atoms with van der Waals surface area (Å²) in [6, 6.07) is 7.65. The van der Waals surface area contributed by atoms with Gasteiger partial charge in [-0.15, -0.1) is 0 Å². The summed E-state index contributed by atoms with van der Waals surface area (Å²) in [6.45, 7) is 9.73. The van der Waals surface area contributed by atoms with Crippen molar-refractivity contribution in [2.45, 2.75) is 46.9 Å². The Bertz CT molecular complexity index is 658. The zero-order valence-corrected chi connectivity index (χ0v) is 14.9. The first kappa shape index (κ1) is 17.8. The minimum Gasteiger partial charge on any atom is -0.491 e. The van der Waals surface area contributed by atoms with E-state index < -0.39 is 0 Å². The van der Waals surface area contributed by atoms with E-state index >= 15 is 0 Å². The number of anilines is 1. The van der Waals surface area contributed by atoms with Gasteiger partial charge in [0.25, 0.3) is 0 Å². The number of imidazole rings is 1. The van der Waals surface area contributed by atoms with Crippen molar-refractivity contribution in [1.29, 1.82) is 0 Å². The zero-order valence-electron chi connectivity index (χ0n) is 14.9. The van der Waals surface area contributed by atoms with E-state index in [9.17, 15) is 0 Å². The van der Waals surface area contributed by atoms with Gasteiger partial charge in [-0.2, -0.15) is 0 Å². The van der Waals surface area contributed by atoms with Crippen molar-refractivity contribution in [3.8, 4) is 5.75 Å². The molecule has 0 radical (unpaired) electrons. The lowest BCUT2D eigenvalue weighted by atomic mass is 10.2. The fourth-order valence-corrected chi connectivity index (χ4v) is 2.28. The van der Waals surface area contributed by atoms with E-state index in [0.29, 0.717) is 18.4 Å². The molecule has 0 spiro atoms. The average molecular weight is 329 g/mol. The van der Waals surface area contributed by atoms with Gasteiger partial charge in [-0.05, 0) is 44.0 Å². The fraction of sp³-hybridized carbons (Fsp3) is 0.444. The summed E-state index contributed by atoms with van der Waals surface area (Å²) < 4.78 is 7.73. The van der Waals surface area contributed by atoms with Crippen LogP contribution in [0.2, 0.25) is 0 Å². The molecule has 0 unspecified atom stereocenters. The molecule has 1 aromatic carbocycles. The van der Waals surface area contributed by atoms with E-state index in [1.165, 1.54) is 0 Å². The van der Waals surface area contributed by atoms with E-state index in [1.54, 1.807) is 6.20 Å². The predicted octanol–water partition coefficient (Wildman–Crippen LogP) is 3.25. The molecule has 0 aliphatic carbocycles. The lowest BCUT2D eigenvalue weighted by molar-refractivity contribution is 0.242. The van der Waals surface area contributed by atoms with Gasteiger partial charge in [-0.3, -0.25) is 0 Å². The second-order valence-corrected chi connectivity index (χ2v) is 6.41. The smallest absolute Gasteiger partial charge is 0.193 e. The number of hydrogen-bond acceptors (Lipinski definition) is 3. The Kier molecular flexibility index (Phi) is 6.23. The Morgan fingerprint density at radius 3 is 2.58 bits per heavy atom. The summed E-state index contributed by atoms with van der Waals surface area (Å²) in [6.07, 6.45) is 3.93. The van der Waals surface area contributed by atoms with Crippen LogP contribution in [0.25, 0.3) is 0 Å². The maximum Gasteiger partial charge on any atom is 0.193 e. The molecule has 6 nitrogen and oxygen atoms in total. The van der Waals surface area contributed by atoms with Crippen LogP contribution in [0.15, 0.2) is 41.7 Å². The first-order valence-electron chi connectivity index (χ1n) is 8.27. The minimum atomic E-state index is 0.157. The zero-order chi connectivity index (χ0) is 17.5. The largest absolute Gasteiger partial charge is 0.491 e. The van der Waals surface area contributed by atoms with Crippen LogP contribution in [-0.4, -0.2) is 21.6 Å². The summed E-state index contributed by atoms with van der Waals surface area (Å²) >= 11 is 0. The maximum atomic E-state index is 5.96. The SMILES string of the molecule is CC(C)Cn1ccnc1CN=C(N)Nc1ccc(OC(C)C)cc1. The molecule has 0 saturated heterocycles. The van der Waals surface area contributed by atoms with Gasteiger partial charge in [0.1, 0.15) is 18.1 Å². The van der Waals surface area contributed by atoms with Gasteiger partial charge in [0.05, 0.1) is 6.10 Å². The molecule has 0 saturated carbocycles. The second kappa shape index (κ2) is 8.38. The topological polar surface area (TPSA) is 77.5 Å². The minimum absolute atomic E-state index is 0.157. The highest BCUT2D eigenvalue weighted by Crippen LogP contribution is 2.16. The third-order valence-corrected chi connectivity index (χ3v) is 3.25. The number of nitrogens with two attached hydrogens (primary N) is 1. The van der Waals surface area contributed by atoms with Gasteiger partial charge in [0.15, 0.2) is 5.96 Å². The molecular formula is C18H27N5O. The van der Waals surface area contributed by atoms with E-state index in [-0.39, 0.29) is 6.10 Å². The molecule has 130 valence electrons. The molecule has 24 heavy (non-hydrogen) atoms. The summed E-state index contributed by atoms with van der Waals surface area (Å²) in [5, 5.41) is 3.08. The van der Waals surface area contributed by atoms with Crippen LogP contribution in [0.3, 0.4) is 0 Å². The van der Waals surface area contributed by atoms with Gasteiger partial charge >= 0.3 is 0 Å². The fourth-order valence-electron chi connectivity index (χ4n) is 2.28. The van der Waals surface area contributed by atoms with Crippen LogP contribution in [0, 0.1) is 5.92 Å². The van der Waals surface area contributed by atoms with Gasteiger partial charge < -0.3 is 20.4 Å². The van der Waals surface area contributed by atoms with Crippen LogP contribution in [0.4, 0.5) is 5.69 Å². The van der Waals surface area contributed by atoms with Crippen molar-refractivity contribution in [3.63, 3.8) is 0 Å². The number of nitrogens with one attached hydrogen (secondary N) is 1. The Morgan fingerprint density at radius 2 is 1.96 bits per heavy atom. The van der Waals surface area contributed by atoms with Crippen LogP contribution in [-0.2, 0) is 13.1 Å². The second-order valence-electron chi connectivity index (χ2n) is 6.41. The van der Waals surface area contributed by atoms with E-state index in [4.69, 9.17) is 10.5 Å². The summed E-state index contributed by atoms with van der Waals surface area (Å²) in [5.41, 5.74) is 6.84. The molecule has 0 atom stereocenters. The number of nitrogens with zero attached hydrogens (tertiary/aromatic N) is 3. The molecule has 0 fully saturated rings. The molecule has 1 heterocycles. The van der Waals surface area contributed by atoms with Crippen molar-refractivity contribution in [2.75, 3.05) is 5.32 Å². The van der Waals surface area contributed by atoms with Gasteiger partial charge in [0, 0.05) is 24.6 Å². The average Bonchev–Trinajstić information content (AvgIpc) is 2.93. The summed E-state index contributed by atoms with van der Waals surface area (Å²) in [7, 11) is 0. The van der Waals surface area contributed by atoms with Gasteiger partial charge in [0.2, 0.25) is 0 Å². The molecule has 2 aromatic rings. The quantitative estimate of drug-likeness (QED) is 0.604. The molecule has 1 aromatic heterocycles. The number of hydrogen-bond donors (Lipinski definition) is 2. The highest BCUT2D eigenvalue weighted by Gasteiger charge is 2.04. The molecular weight excluding hydrogens is 302 g/mol. The van der Waals surface area contributed by atoms with E-state index in [2.05, 4.69) is 33.7 Å². The van der Waals surface area contributed by atoms with E-state index in [1.807, 2.05) is 44.3 Å². The first-order valence-corrected chi connectivity index (χ1v) is 8.27. The van der Waals surface area contributed by atoms with Crippen LogP contribution in [0.5, 0.6) is 5.75 Å². The number of aliphatic imine (C=N–C) groups is 1. The third kappa shape index (κ3) is 5.61. The van der Waals surface area contributed by atoms with E-state index in [0.717, 1.165) is 23.8 Å². The van der Waals surface area contributed by atoms with Crippen LogP contribution < -0.4 is 15.8 Å². The summed E-state index contributed by atoms with van der Waals surface area (Å²) in [5.74, 6) is 2.67. The van der Waals surface area contributed by atoms with Gasteiger partial charge in [-0.25, -0.2) is 9.98 Å². The number of rotatable bonds is 7. The normalized spacial score (nSPS) is 12.0. The molecule has 0 amide bonds. The predicted molar refractivity (Wildman–Crippen MR) is 98.2 cm³/mol. The third-order valence-electron chi connectivity index (χ3n) is 3.25. The molecule has 0 aliphatic rings. The van der Waals surface area contributed by atoms with Crippen molar-refractivity contribution in [3.05, 3.63) is 42.5 Å². The lowest BCUT2D eigenvalue weighted by Crippen LogP contribution is -2.23. The van der Waals surface area contributed by atoms with Crippen molar-refractivity contribution in [1.82, 2.24) is 9.55 Å². The summed E-state index contributed by atoms with van der Waals surface area (Å²) in [4.78, 5) is 8.71. The van der Waals surface area contributed by atoms with Crippen molar-refractivity contribution < 1.29 is 4.74 Å². The first-order chi connectivity index (χ1) is 11.4. The van der Waals surface area contributed by atoms with Crippen molar-refractivity contribution in [2.24, 2.45) is 16.6 Å². The highest BCUT2D eigenvalue weighted by atomic mass is 16.5. The van der Waals surface area contributed by atoms with Gasteiger partial charge in [-0.1, -0.05) is 13.8 Å². The lowest BCUT2D eigenvalue weighted by Gasteiger charge is -2.11. The van der Waals surface area contributed by atoms with Crippen LogP contribution in [0.1, 0.15) is 33.5 Å². The van der Waals surface area contributed by atoms with Crippen LogP contribution >= 0.6 is 0 Å².